The zero-order chi connectivity index (χ0) is 23.8. The maximum absolute atomic E-state index is 13.0. The number of nitrogens with zero attached hydrogens (tertiary/aromatic N) is 5. The summed E-state index contributed by atoms with van der Waals surface area (Å²) in [5, 5.41) is 30.2. The molecule has 3 saturated carbocycles. The maximum Gasteiger partial charge on any atom is 0.278 e. The highest BCUT2D eigenvalue weighted by Gasteiger charge is 2.56. The van der Waals surface area contributed by atoms with Crippen LogP contribution in [0.4, 0.5) is 5.69 Å². The van der Waals surface area contributed by atoms with Crippen molar-refractivity contribution in [2.75, 3.05) is 5.32 Å². The van der Waals surface area contributed by atoms with E-state index in [2.05, 4.69) is 51.9 Å². The normalized spacial score (nSPS) is 26.4. The molecular weight excluding hydrogens is 422 g/mol. The van der Waals surface area contributed by atoms with Gasteiger partial charge in [0.15, 0.2) is 0 Å². The molecule has 176 valence electrons. The van der Waals surface area contributed by atoms with Crippen molar-refractivity contribution in [1.29, 1.82) is 0 Å². The zero-order valence-electron chi connectivity index (χ0n) is 19.4. The molecule has 2 aromatic rings. The third-order valence-electron chi connectivity index (χ3n) is 7.74. The Hall–Kier alpha value is -3.30. The van der Waals surface area contributed by atoms with E-state index in [0.29, 0.717) is 28.9 Å². The minimum atomic E-state index is -0.500. The van der Waals surface area contributed by atoms with Crippen molar-refractivity contribution >= 4 is 17.8 Å². The number of carbonyl (C=O) groups is 1. The number of carbonyl (C=O) groups excluding carboxylic acids is 1. The number of nitrogens with one attached hydrogen (secondary N) is 2. The number of fused-ring (bicyclic) bond motifs is 2. The lowest BCUT2D eigenvalue weighted by molar-refractivity contribution is -0.122. The zero-order valence-corrected chi connectivity index (χ0v) is 19.4. The van der Waals surface area contributed by atoms with Gasteiger partial charge in [-0.3, -0.25) is 9.59 Å². The average molecular weight is 454 g/mol. The summed E-state index contributed by atoms with van der Waals surface area (Å²) in [7, 11) is 0. The van der Waals surface area contributed by atoms with Crippen molar-refractivity contribution in [3.8, 4) is 0 Å². The van der Waals surface area contributed by atoms with Crippen molar-refractivity contribution in [3.05, 3.63) is 46.1 Å². The summed E-state index contributed by atoms with van der Waals surface area (Å²) in [6.45, 7) is 8.48. The van der Waals surface area contributed by atoms with Gasteiger partial charge in [0.25, 0.3) is 5.56 Å². The molecule has 0 saturated heterocycles. The molecule has 33 heavy (non-hydrogen) atoms. The van der Waals surface area contributed by atoms with Crippen LogP contribution in [0, 0.1) is 23.2 Å². The monoisotopic (exact) mass is 453 g/mol. The summed E-state index contributed by atoms with van der Waals surface area (Å²) in [5.41, 5.74) is 1.35. The highest BCUT2D eigenvalue weighted by molar-refractivity contribution is 5.86. The first-order chi connectivity index (χ1) is 15.7. The molecule has 0 radical (unpaired) electrons. The Bertz CT molecular complexity index is 1100. The number of oxime groups is 1. The highest BCUT2D eigenvalue weighted by atomic mass is 16.4. The molecule has 3 fully saturated rings. The van der Waals surface area contributed by atoms with Crippen molar-refractivity contribution < 1.29 is 10.0 Å². The van der Waals surface area contributed by atoms with Gasteiger partial charge >= 0.3 is 0 Å². The molecule has 5 rings (SSSR count). The van der Waals surface area contributed by atoms with Crippen molar-refractivity contribution in [2.45, 2.75) is 59.2 Å². The van der Waals surface area contributed by atoms with E-state index in [1.807, 2.05) is 6.92 Å². The van der Waals surface area contributed by atoms with Crippen LogP contribution in [0.25, 0.3) is 0 Å². The van der Waals surface area contributed by atoms with E-state index in [0.717, 1.165) is 22.9 Å². The van der Waals surface area contributed by atoms with Crippen LogP contribution in [-0.2, 0) is 11.3 Å². The minimum absolute atomic E-state index is 0.178. The lowest BCUT2D eigenvalue weighted by Gasteiger charge is -2.62. The molecule has 2 aromatic heterocycles. The number of anilines is 1. The number of amides is 1. The van der Waals surface area contributed by atoms with E-state index < -0.39 is 5.56 Å². The van der Waals surface area contributed by atoms with Crippen LogP contribution in [0.2, 0.25) is 0 Å². The van der Waals surface area contributed by atoms with E-state index in [1.165, 1.54) is 12.6 Å². The molecule has 3 N–H and O–H groups in total. The molecule has 0 spiro atoms. The van der Waals surface area contributed by atoms with Gasteiger partial charge in [-0.1, -0.05) is 25.9 Å². The molecule has 2 heterocycles. The standard InChI is InChI=1S/C23H31N7O3/c1-13-18-7-16(23(18,3)4)8-19(13)29-20-11-26-30(22(32)17(20)10-27-33)12-21(31)28-14(2)15-5-6-24-25-9-15/h5-6,9-11,13-14,16,18-19,29,33H,7-8,12H2,1-4H3,(H,28,31)/b27-10+/t13-,14?,16+,18-,19-/m1/s1. The summed E-state index contributed by atoms with van der Waals surface area (Å²) in [4.78, 5) is 25.5. The Morgan fingerprint density at radius 1 is 1.36 bits per heavy atom. The Morgan fingerprint density at radius 2 is 2.15 bits per heavy atom. The predicted molar refractivity (Wildman–Crippen MR) is 123 cm³/mol. The first-order valence-corrected chi connectivity index (χ1v) is 11.3. The van der Waals surface area contributed by atoms with Gasteiger partial charge in [-0.15, -0.1) is 0 Å². The number of aromatic nitrogens is 4. The third-order valence-corrected chi connectivity index (χ3v) is 7.74. The fraction of sp³-hybridized carbons (Fsp3) is 0.565. The Labute approximate surface area is 192 Å². The van der Waals surface area contributed by atoms with Crippen LogP contribution in [0.1, 0.15) is 57.7 Å². The van der Waals surface area contributed by atoms with Crippen LogP contribution >= 0.6 is 0 Å². The largest absolute Gasteiger partial charge is 0.411 e. The van der Waals surface area contributed by atoms with Gasteiger partial charge in [-0.25, -0.2) is 4.68 Å². The topological polar surface area (TPSA) is 134 Å². The summed E-state index contributed by atoms with van der Waals surface area (Å²) < 4.78 is 1.07. The van der Waals surface area contributed by atoms with Crippen LogP contribution < -0.4 is 16.2 Å². The number of rotatable bonds is 7. The SMILES string of the molecule is CC(NC(=O)Cn1ncc(N[C@@H]2C[C@@H]3C[C@H]([C@H]2C)C3(C)C)c(/C=N/O)c1=O)c1ccnnc1. The van der Waals surface area contributed by atoms with E-state index in [4.69, 9.17) is 5.21 Å². The second kappa shape index (κ2) is 8.92. The first kappa shape index (κ1) is 22.9. The fourth-order valence-corrected chi connectivity index (χ4v) is 5.52. The van der Waals surface area contributed by atoms with Crippen molar-refractivity contribution in [1.82, 2.24) is 25.3 Å². The molecule has 1 amide bonds. The number of hydrogen-bond acceptors (Lipinski definition) is 8. The molecule has 3 aliphatic rings. The second-order valence-corrected chi connectivity index (χ2v) is 9.85. The smallest absolute Gasteiger partial charge is 0.278 e. The molecule has 0 aromatic carbocycles. The lowest BCUT2D eigenvalue weighted by Crippen LogP contribution is -2.58. The minimum Gasteiger partial charge on any atom is -0.411 e. The third kappa shape index (κ3) is 4.34. The Kier molecular flexibility index (Phi) is 6.18. The van der Waals surface area contributed by atoms with E-state index in [9.17, 15) is 9.59 Å². The molecule has 2 bridgehead atoms. The van der Waals surface area contributed by atoms with Gasteiger partial charge in [0, 0.05) is 12.2 Å². The number of hydrogen-bond donors (Lipinski definition) is 3. The van der Waals surface area contributed by atoms with Crippen LogP contribution in [-0.4, -0.2) is 43.3 Å². The van der Waals surface area contributed by atoms with E-state index in [-0.39, 0.29) is 30.1 Å². The van der Waals surface area contributed by atoms with Gasteiger partial charge in [-0.2, -0.15) is 15.3 Å². The molecule has 5 atom stereocenters. The van der Waals surface area contributed by atoms with Gasteiger partial charge in [0.2, 0.25) is 5.91 Å². The summed E-state index contributed by atoms with van der Waals surface area (Å²) in [6.07, 6.45) is 8.02. The molecule has 0 aliphatic heterocycles. The Morgan fingerprint density at radius 3 is 2.79 bits per heavy atom. The maximum atomic E-state index is 13.0. The van der Waals surface area contributed by atoms with Gasteiger partial charge in [0.1, 0.15) is 6.54 Å². The van der Waals surface area contributed by atoms with Gasteiger partial charge < -0.3 is 15.8 Å². The first-order valence-electron chi connectivity index (χ1n) is 11.3. The molecular formula is C23H31N7O3. The fourth-order valence-electron chi connectivity index (χ4n) is 5.52. The highest BCUT2D eigenvalue weighted by Crippen LogP contribution is 2.61. The summed E-state index contributed by atoms with van der Waals surface area (Å²) >= 11 is 0. The lowest BCUT2D eigenvalue weighted by atomic mass is 9.45. The molecule has 1 unspecified atom stereocenters. The van der Waals surface area contributed by atoms with Gasteiger partial charge in [0.05, 0.1) is 35.9 Å². The van der Waals surface area contributed by atoms with Crippen LogP contribution in [0.5, 0.6) is 0 Å². The van der Waals surface area contributed by atoms with E-state index in [1.54, 1.807) is 18.5 Å². The summed E-state index contributed by atoms with van der Waals surface area (Å²) in [5.74, 6) is 1.37. The van der Waals surface area contributed by atoms with Gasteiger partial charge in [-0.05, 0) is 54.6 Å². The molecule has 10 heteroatoms. The Balaban J connectivity index is 1.48. The van der Waals surface area contributed by atoms with E-state index >= 15 is 0 Å². The van der Waals surface area contributed by atoms with Crippen molar-refractivity contribution in [3.63, 3.8) is 0 Å². The van der Waals surface area contributed by atoms with Crippen molar-refractivity contribution in [2.24, 2.45) is 28.3 Å². The molecule has 3 aliphatic carbocycles. The summed E-state index contributed by atoms with van der Waals surface area (Å²) in [6, 6.07) is 1.67. The predicted octanol–water partition coefficient (Wildman–Crippen LogP) is 2.20. The van der Waals surface area contributed by atoms with Crippen LogP contribution in [0.15, 0.2) is 34.6 Å². The van der Waals surface area contributed by atoms with Crippen LogP contribution in [0.3, 0.4) is 0 Å². The molecule has 10 nitrogen and oxygen atoms in total. The average Bonchev–Trinajstić information content (AvgIpc) is 2.79. The second-order valence-electron chi connectivity index (χ2n) is 9.85. The quantitative estimate of drug-likeness (QED) is 0.332.